The number of carboxylic acid groups (broad SMARTS) is 1. The Morgan fingerprint density at radius 3 is 2.17 bits per heavy atom. The molecule has 0 fully saturated rings. The summed E-state index contributed by atoms with van der Waals surface area (Å²) in [6, 6.07) is 14.6. The van der Waals surface area contributed by atoms with Crippen LogP contribution in [0.3, 0.4) is 0 Å². The van der Waals surface area contributed by atoms with Gasteiger partial charge >= 0.3 is 12.1 Å². The van der Waals surface area contributed by atoms with Crippen LogP contribution in [0.4, 0.5) is 18.9 Å². The first kappa shape index (κ1) is 23.4. The summed E-state index contributed by atoms with van der Waals surface area (Å²) in [5.41, 5.74) is 0.701. The van der Waals surface area contributed by atoms with Crippen molar-refractivity contribution in [1.82, 2.24) is 15.0 Å². The Labute approximate surface area is 195 Å². The van der Waals surface area contributed by atoms with E-state index in [9.17, 15) is 22.8 Å². The van der Waals surface area contributed by atoms with Crippen molar-refractivity contribution in [3.8, 4) is 17.4 Å². The summed E-state index contributed by atoms with van der Waals surface area (Å²) in [5, 5.41) is 11.5. The molecule has 0 spiro atoms. The van der Waals surface area contributed by atoms with E-state index in [2.05, 4.69) is 25.0 Å². The smallest absolute Gasteiger partial charge is 0.422 e. The predicted molar refractivity (Wildman–Crippen MR) is 117 cm³/mol. The van der Waals surface area contributed by atoms with Crippen molar-refractivity contribution in [2.24, 2.45) is 0 Å². The molecule has 0 atom stereocenters. The van der Waals surface area contributed by atoms with Gasteiger partial charge in [-0.25, -0.2) is 19.7 Å². The summed E-state index contributed by atoms with van der Waals surface area (Å²) in [6.07, 6.45) is -3.29. The first-order chi connectivity index (χ1) is 16.7. The molecule has 2 N–H and O–H groups in total. The molecule has 4 aromatic rings. The predicted octanol–water partition coefficient (Wildman–Crippen LogP) is 4.71. The molecule has 0 unspecified atom stereocenters. The number of anilines is 1. The maximum absolute atomic E-state index is 13.0. The lowest BCUT2D eigenvalue weighted by molar-refractivity contribution is -0.153. The Balaban J connectivity index is 1.59. The third kappa shape index (κ3) is 5.99. The van der Waals surface area contributed by atoms with Crippen molar-refractivity contribution in [3.63, 3.8) is 0 Å². The summed E-state index contributed by atoms with van der Waals surface area (Å²) in [7, 11) is 0. The van der Waals surface area contributed by atoms with Crippen LogP contribution < -0.4 is 14.8 Å². The molecule has 1 amide bonds. The second kappa shape index (κ2) is 9.63. The number of carbonyl (C=O) groups excluding carboxylic acids is 1. The Kier molecular flexibility index (Phi) is 6.44. The molecule has 12 heteroatoms. The van der Waals surface area contributed by atoms with Gasteiger partial charge in [-0.15, -0.1) is 0 Å². The highest BCUT2D eigenvalue weighted by molar-refractivity contribution is 6.05. The molecule has 0 bridgehead atoms. The number of carbonyl (C=O) groups is 2. The molecule has 9 nitrogen and oxygen atoms in total. The average molecular weight is 484 g/mol. The van der Waals surface area contributed by atoms with Crippen molar-refractivity contribution < 1.29 is 37.3 Å². The molecule has 4 rings (SSSR count). The largest absolute Gasteiger partial charge is 0.484 e. The molecular weight excluding hydrogens is 469 g/mol. The third-order valence-corrected chi connectivity index (χ3v) is 4.43. The monoisotopic (exact) mass is 484 g/mol. The second-order valence-corrected chi connectivity index (χ2v) is 7.03. The number of hydrogen-bond acceptors (Lipinski definition) is 7. The molecule has 2 aromatic heterocycles. The van der Waals surface area contributed by atoms with Crippen LogP contribution in [-0.4, -0.2) is 44.7 Å². The van der Waals surface area contributed by atoms with Gasteiger partial charge in [0.15, 0.2) is 12.3 Å². The Hall–Kier alpha value is -4.74. The number of halogens is 3. The molecule has 35 heavy (non-hydrogen) atoms. The van der Waals surface area contributed by atoms with E-state index < -0.39 is 24.7 Å². The quantitative estimate of drug-likeness (QED) is 0.387. The number of benzene rings is 2. The van der Waals surface area contributed by atoms with E-state index in [0.29, 0.717) is 11.0 Å². The highest BCUT2D eigenvalue weighted by Gasteiger charge is 2.28. The number of amides is 1. The minimum atomic E-state index is -4.47. The fraction of sp³-hybridized carbons (Fsp3) is 0.0870. The number of pyridine rings is 1. The zero-order chi connectivity index (χ0) is 25.0. The second-order valence-electron chi connectivity index (χ2n) is 7.03. The van der Waals surface area contributed by atoms with Crippen molar-refractivity contribution in [2.45, 2.75) is 6.18 Å². The summed E-state index contributed by atoms with van der Waals surface area (Å²) in [5.74, 6) is -1.91. The Morgan fingerprint density at radius 1 is 0.914 bits per heavy atom. The molecule has 0 saturated carbocycles. The van der Waals surface area contributed by atoms with Gasteiger partial charge in [0.25, 0.3) is 11.8 Å². The number of hydrogen-bond donors (Lipinski definition) is 2. The molecule has 0 radical (unpaired) electrons. The van der Waals surface area contributed by atoms with Gasteiger partial charge < -0.3 is 19.9 Å². The topological polar surface area (TPSA) is 124 Å². The number of aromatic carboxylic acids is 1. The molecule has 0 aliphatic rings. The minimum absolute atomic E-state index is 0.0189. The number of aromatic nitrogens is 3. The van der Waals surface area contributed by atoms with Gasteiger partial charge in [-0.2, -0.15) is 13.2 Å². The summed E-state index contributed by atoms with van der Waals surface area (Å²) in [6.45, 7) is -1.43. The number of ether oxygens (including phenoxy) is 2. The fourth-order valence-corrected chi connectivity index (χ4v) is 2.87. The zero-order valence-corrected chi connectivity index (χ0v) is 17.6. The van der Waals surface area contributed by atoms with Crippen molar-refractivity contribution >= 4 is 28.6 Å². The van der Waals surface area contributed by atoms with Gasteiger partial charge in [-0.1, -0.05) is 12.1 Å². The number of carboxylic acids is 1. The molecule has 0 aliphatic carbocycles. The van der Waals surface area contributed by atoms with Gasteiger partial charge in [0.05, 0.1) is 22.9 Å². The summed E-state index contributed by atoms with van der Waals surface area (Å²) < 4.78 is 47.4. The van der Waals surface area contributed by atoms with E-state index in [1.54, 1.807) is 24.3 Å². The number of rotatable bonds is 7. The number of alkyl halides is 3. The van der Waals surface area contributed by atoms with Gasteiger partial charge in [0, 0.05) is 0 Å². The van der Waals surface area contributed by atoms with Gasteiger partial charge in [-0.05, 0) is 48.5 Å². The minimum Gasteiger partial charge on any atom is -0.484 e. The molecule has 0 aliphatic heterocycles. The van der Waals surface area contributed by atoms with E-state index in [-0.39, 0.29) is 34.5 Å². The highest BCUT2D eigenvalue weighted by Crippen LogP contribution is 2.28. The number of nitrogens with one attached hydrogen (secondary N) is 1. The highest BCUT2D eigenvalue weighted by atomic mass is 19.4. The van der Waals surface area contributed by atoms with Crippen molar-refractivity contribution in [3.05, 3.63) is 78.2 Å². The molecular formula is C23H15F3N4O5. The lowest BCUT2D eigenvalue weighted by atomic mass is 10.2. The van der Waals surface area contributed by atoms with Crippen LogP contribution >= 0.6 is 0 Å². The van der Waals surface area contributed by atoms with Crippen LogP contribution in [0.25, 0.3) is 11.0 Å². The lowest BCUT2D eigenvalue weighted by Gasteiger charge is -2.12. The molecule has 178 valence electrons. The summed E-state index contributed by atoms with van der Waals surface area (Å²) in [4.78, 5) is 36.3. The SMILES string of the molecule is O=C(O)c1ccc(NC(=O)c2nc3ccccc3nc2Oc2ccc(OCC(F)(F)F)cc2)cn1. The van der Waals surface area contributed by atoms with Gasteiger partial charge in [-0.3, -0.25) is 4.79 Å². The van der Waals surface area contributed by atoms with Crippen LogP contribution in [0.2, 0.25) is 0 Å². The van der Waals surface area contributed by atoms with E-state index in [1.165, 1.54) is 42.6 Å². The van der Waals surface area contributed by atoms with Gasteiger partial charge in [0.2, 0.25) is 0 Å². The Bertz CT molecular complexity index is 1380. The standard InChI is InChI=1S/C23H15F3N4O5/c24-23(25,26)12-34-14-6-8-15(9-7-14)35-21-19(29-16-3-1-2-4-17(16)30-21)20(31)28-13-5-10-18(22(32)33)27-11-13/h1-11H,12H2,(H,28,31)(H,32,33). The van der Waals surface area contributed by atoms with Crippen LogP contribution in [0.15, 0.2) is 66.9 Å². The van der Waals surface area contributed by atoms with E-state index in [1.807, 2.05) is 0 Å². The molecule has 0 saturated heterocycles. The van der Waals surface area contributed by atoms with Crippen LogP contribution in [-0.2, 0) is 0 Å². The van der Waals surface area contributed by atoms with Crippen LogP contribution in [0.1, 0.15) is 21.0 Å². The van der Waals surface area contributed by atoms with Crippen LogP contribution in [0, 0.1) is 0 Å². The van der Waals surface area contributed by atoms with E-state index in [4.69, 9.17) is 9.84 Å². The van der Waals surface area contributed by atoms with E-state index in [0.717, 1.165) is 0 Å². The Morgan fingerprint density at radius 2 is 1.57 bits per heavy atom. The van der Waals surface area contributed by atoms with Gasteiger partial charge in [0.1, 0.15) is 17.2 Å². The summed E-state index contributed by atoms with van der Waals surface area (Å²) >= 11 is 0. The normalized spacial score (nSPS) is 11.2. The molecule has 2 heterocycles. The first-order valence-electron chi connectivity index (χ1n) is 9.93. The fourth-order valence-electron chi connectivity index (χ4n) is 2.87. The number of nitrogens with zero attached hydrogens (tertiary/aromatic N) is 3. The molecule has 2 aromatic carbocycles. The maximum Gasteiger partial charge on any atom is 0.422 e. The number of fused-ring (bicyclic) bond motifs is 1. The first-order valence-corrected chi connectivity index (χ1v) is 9.93. The number of para-hydroxylation sites is 2. The average Bonchev–Trinajstić information content (AvgIpc) is 2.83. The maximum atomic E-state index is 13.0. The zero-order valence-electron chi connectivity index (χ0n) is 17.6. The van der Waals surface area contributed by atoms with Crippen LogP contribution in [0.5, 0.6) is 17.4 Å². The van der Waals surface area contributed by atoms with E-state index >= 15 is 0 Å². The lowest BCUT2D eigenvalue weighted by Crippen LogP contribution is -2.19. The van der Waals surface area contributed by atoms with Crippen molar-refractivity contribution in [2.75, 3.05) is 11.9 Å². The third-order valence-electron chi connectivity index (χ3n) is 4.43. The van der Waals surface area contributed by atoms with Crippen molar-refractivity contribution in [1.29, 1.82) is 0 Å².